The number of hydrogen-bond donors (Lipinski definition) is 1. The summed E-state index contributed by atoms with van der Waals surface area (Å²) in [6.07, 6.45) is 0. The maximum Gasteiger partial charge on any atom is 0.308 e. The Hall–Kier alpha value is -2.04. The van der Waals surface area contributed by atoms with E-state index >= 15 is 0 Å². The minimum Gasteiger partial charge on any atom is -0.484 e. The quantitative estimate of drug-likeness (QED) is 0.847. The highest BCUT2D eigenvalue weighted by Gasteiger charge is 2.17. The number of nitrogens with zero attached hydrogens (tertiary/aromatic N) is 1. The number of rotatable bonds is 6. The summed E-state index contributed by atoms with van der Waals surface area (Å²) in [6.45, 7) is 3.61. The zero-order chi connectivity index (χ0) is 14.4. The Bertz CT molecular complexity index is 441. The molecule has 5 heteroatoms. The Morgan fingerprint density at radius 1 is 1.32 bits per heavy atom. The van der Waals surface area contributed by atoms with Gasteiger partial charge in [-0.1, -0.05) is 24.6 Å². The van der Waals surface area contributed by atoms with Gasteiger partial charge in [-0.3, -0.25) is 9.59 Å². The van der Waals surface area contributed by atoms with E-state index in [0.29, 0.717) is 5.75 Å². The molecule has 0 radical (unpaired) electrons. The molecule has 104 valence electrons. The van der Waals surface area contributed by atoms with Gasteiger partial charge in [0.15, 0.2) is 6.61 Å². The van der Waals surface area contributed by atoms with Crippen LogP contribution in [0.1, 0.15) is 12.5 Å². The first-order chi connectivity index (χ1) is 8.90. The van der Waals surface area contributed by atoms with Crippen LogP contribution < -0.4 is 4.74 Å². The first-order valence-corrected chi connectivity index (χ1v) is 6.06. The van der Waals surface area contributed by atoms with Crippen LogP contribution in [0, 0.1) is 12.8 Å². The zero-order valence-corrected chi connectivity index (χ0v) is 11.4. The summed E-state index contributed by atoms with van der Waals surface area (Å²) in [5.74, 6) is -1.13. The molecule has 19 heavy (non-hydrogen) atoms. The van der Waals surface area contributed by atoms with Gasteiger partial charge in [-0.05, 0) is 19.1 Å². The first kappa shape index (κ1) is 15.0. The largest absolute Gasteiger partial charge is 0.484 e. The Morgan fingerprint density at radius 3 is 2.42 bits per heavy atom. The van der Waals surface area contributed by atoms with Crippen molar-refractivity contribution < 1.29 is 19.4 Å². The molecule has 1 unspecified atom stereocenters. The molecule has 1 rings (SSSR count). The van der Waals surface area contributed by atoms with Crippen LogP contribution in [0.3, 0.4) is 0 Å². The summed E-state index contributed by atoms with van der Waals surface area (Å²) in [6, 6.07) is 7.39. The van der Waals surface area contributed by atoms with E-state index in [9.17, 15) is 9.59 Å². The summed E-state index contributed by atoms with van der Waals surface area (Å²) >= 11 is 0. The van der Waals surface area contributed by atoms with Crippen molar-refractivity contribution in [2.24, 2.45) is 5.92 Å². The van der Waals surface area contributed by atoms with E-state index in [0.717, 1.165) is 5.56 Å². The summed E-state index contributed by atoms with van der Waals surface area (Å²) in [7, 11) is 1.57. The number of likely N-dealkylation sites (N-methyl/N-ethyl adjacent to an activating group) is 1. The lowest BCUT2D eigenvalue weighted by Gasteiger charge is -2.19. The van der Waals surface area contributed by atoms with Gasteiger partial charge >= 0.3 is 5.97 Å². The third-order valence-corrected chi connectivity index (χ3v) is 2.78. The second kappa shape index (κ2) is 6.78. The number of amides is 1. The summed E-state index contributed by atoms with van der Waals surface area (Å²) in [5.41, 5.74) is 1.12. The summed E-state index contributed by atoms with van der Waals surface area (Å²) < 4.78 is 5.35. The molecule has 0 spiro atoms. The minimum absolute atomic E-state index is 0.0914. The Labute approximate surface area is 112 Å². The van der Waals surface area contributed by atoms with Gasteiger partial charge in [-0.15, -0.1) is 0 Å². The summed E-state index contributed by atoms with van der Waals surface area (Å²) in [5, 5.41) is 8.78. The highest BCUT2D eigenvalue weighted by Crippen LogP contribution is 2.11. The fourth-order valence-electron chi connectivity index (χ4n) is 1.48. The van der Waals surface area contributed by atoms with Gasteiger partial charge in [0.25, 0.3) is 5.91 Å². The molecular formula is C14H19NO4. The van der Waals surface area contributed by atoms with Crippen LogP contribution >= 0.6 is 0 Å². The molecule has 1 aromatic rings. The van der Waals surface area contributed by atoms with Crippen molar-refractivity contribution in [1.29, 1.82) is 0 Å². The van der Waals surface area contributed by atoms with Gasteiger partial charge in [0.2, 0.25) is 0 Å². The lowest BCUT2D eigenvalue weighted by Crippen LogP contribution is -2.36. The fourth-order valence-corrected chi connectivity index (χ4v) is 1.48. The van der Waals surface area contributed by atoms with E-state index in [4.69, 9.17) is 9.84 Å². The molecule has 1 amide bonds. The molecule has 0 aromatic heterocycles. The van der Waals surface area contributed by atoms with Crippen LogP contribution in [-0.4, -0.2) is 42.1 Å². The van der Waals surface area contributed by atoms with Gasteiger partial charge in [-0.25, -0.2) is 0 Å². The van der Waals surface area contributed by atoms with Gasteiger partial charge in [0, 0.05) is 13.6 Å². The van der Waals surface area contributed by atoms with Crippen molar-refractivity contribution >= 4 is 11.9 Å². The van der Waals surface area contributed by atoms with E-state index in [2.05, 4.69) is 0 Å². The molecule has 0 aliphatic heterocycles. The topological polar surface area (TPSA) is 66.8 Å². The Balaban J connectivity index is 2.42. The van der Waals surface area contributed by atoms with Crippen molar-refractivity contribution in [1.82, 2.24) is 4.90 Å². The molecule has 1 aromatic carbocycles. The average Bonchev–Trinajstić information content (AvgIpc) is 2.37. The average molecular weight is 265 g/mol. The van der Waals surface area contributed by atoms with Gasteiger partial charge in [0.1, 0.15) is 5.75 Å². The number of aliphatic carboxylic acids is 1. The Morgan fingerprint density at radius 2 is 1.89 bits per heavy atom. The normalized spacial score (nSPS) is 11.7. The molecule has 0 aliphatic rings. The molecule has 0 saturated heterocycles. The molecule has 0 saturated carbocycles. The van der Waals surface area contributed by atoms with Crippen molar-refractivity contribution in [2.45, 2.75) is 13.8 Å². The minimum atomic E-state index is -0.917. The number of carboxylic acid groups (broad SMARTS) is 1. The monoisotopic (exact) mass is 265 g/mol. The zero-order valence-electron chi connectivity index (χ0n) is 11.4. The second-order valence-corrected chi connectivity index (χ2v) is 4.62. The van der Waals surface area contributed by atoms with E-state index in [-0.39, 0.29) is 19.1 Å². The third-order valence-electron chi connectivity index (χ3n) is 2.78. The number of benzene rings is 1. The third kappa shape index (κ3) is 4.99. The van der Waals surface area contributed by atoms with E-state index in [1.54, 1.807) is 26.1 Å². The molecule has 1 N–H and O–H groups in total. The van der Waals surface area contributed by atoms with Crippen LogP contribution in [-0.2, 0) is 9.59 Å². The molecule has 0 bridgehead atoms. The van der Waals surface area contributed by atoms with E-state index in [1.165, 1.54) is 4.90 Å². The smallest absolute Gasteiger partial charge is 0.308 e. The maximum atomic E-state index is 11.7. The highest BCUT2D eigenvalue weighted by molar-refractivity contribution is 5.78. The van der Waals surface area contributed by atoms with E-state index < -0.39 is 11.9 Å². The van der Waals surface area contributed by atoms with Crippen LogP contribution in [0.15, 0.2) is 24.3 Å². The highest BCUT2D eigenvalue weighted by atomic mass is 16.5. The van der Waals surface area contributed by atoms with E-state index in [1.807, 2.05) is 19.1 Å². The molecule has 1 atom stereocenters. The predicted molar refractivity (Wildman–Crippen MR) is 71.1 cm³/mol. The second-order valence-electron chi connectivity index (χ2n) is 4.62. The maximum absolute atomic E-state index is 11.7. The van der Waals surface area contributed by atoms with Gasteiger partial charge < -0.3 is 14.7 Å². The number of carbonyl (C=O) groups is 2. The standard InChI is InChI=1S/C14H19NO4/c1-10-4-6-12(7-5-10)19-9-13(16)15(3)8-11(2)14(17)18/h4-7,11H,8-9H2,1-3H3,(H,17,18). The van der Waals surface area contributed by atoms with Crippen molar-refractivity contribution in [2.75, 3.05) is 20.2 Å². The van der Waals surface area contributed by atoms with Crippen LogP contribution in [0.2, 0.25) is 0 Å². The summed E-state index contributed by atoms with van der Waals surface area (Å²) in [4.78, 5) is 23.8. The number of ether oxygens (including phenoxy) is 1. The number of carboxylic acids is 1. The van der Waals surface area contributed by atoms with Crippen molar-refractivity contribution in [3.63, 3.8) is 0 Å². The lowest BCUT2D eigenvalue weighted by molar-refractivity contribution is -0.143. The SMILES string of the molecule is Cc1ccc(OCC(=O)N(C)CC(C)C(=O)O)cc1. The molecule has 0 aliphatic carbocycles. The van der Waals surface area contributed by atoms with Gasteiger partial charge in [0.05, 0.1) is 5.92 Å². The number of carbonyl (C=O) groups excluding carboxylic acids is 1. The first-order valence-electron chi connectivity index (χ1n) is 6.06. The number of aryl methyl sites for hydroxylation is 1. The molecule has 0 fully saturated rings. The van der Waals surface area contributed by atoms with Crippen LogP contribution in [0.4, 0.5) is 0 Å². The fraction of sp³-hybridized carbons (Fsp3) is 0.429. The van der Waals surface area contributed by atoms with Gasteiger partial charge in [-0.2, -0.15) is 0 Å². The van der Waals surface area contributed by atoms with Crippen molar-refractivity contribution in [3.05, 3.63) is 29.8 Å². The van der Waals surface area contributed by atoms with Crippen LogP contribution in [0.25, 0.3) is 0 Å². The number of hydrogen-bond acceptors (Lipinski definition) is 3. The van der Waals surface area contributed by atoms with Crippen molar-refractivity contribution in [3.8, 4) is 5.75 Å². The Kier molecular flexibility index (Phi) is 5.36. The molecule has 0 heterocycles. The lowest BCUT2D eigenvalue weighted by atomic mass is 10.2. The predicted octanol–water partition coefficient (Wildman–Crippen LogP) is 1.55. The van der Waals surface area contributed by atoms with Crippen LogP contribution in [0.5, 0.6) is 5.75 Å². The molecule has 5 nitrogen and oxygen atoms in total. The molecular weight excluding hydrogens is 246 g/mol.